The first-order valence-corrected chi connectivity index (χ1v) is 6.69. The topological polar surface area (TPSA) is 32.5 Å². The van der Waals surface area contributed by atoms with Crippen LogP contribution in [0.1, 0.15) is 32.6 Å². The standard InChI is InChI=1S/C13H29N3/c1-4-16(11-5-10-15(2)3)12-13(6-7-13)8-9-14/h4-12,14H2,1-3H3. The van der Waals surface area contributed by atoms with Crippen molar-refractivity contribution in [3.8, 4) is 0 Å². The Morgan fingerprint density at radius 2 is 1.88 bits per heavy atom. The summed E-state index contributed by atoms with van der Waals surface area (Å²) < 4.78 is 0. The number of hydrogen-bond acceptors (Lipinski definition) is 3. The van der Waals surface area contributed by atoms with Crippen molar-refractivity contribution in [1.82, 2.24) is 9.80 Å². The smallest absolute Gasteiger partial charge is 0.00383 e. The third-order valence-corrected chi connectivity index (χ3v) is 3.72. The number of hydrogen-bond donors (Lipinski definition) is 1. The van der Waals surface area contributed by atoms with Crippen LogP contribution in [0.15, 0.2) is 0 Å². The van der Waals surface area contributed by atoms with E-state index in [0.29, 0.717) is 5.41 Å². The lowest BCUT2D eigenvalue weighted by molar-refractivity contribution is 0.212. The van der Waals surface area contributed by atoms with Crippen molar-refractivity contribution in [3.05, 3.63) is 0 Å². The molecule has 0 aromatic heterocycles. The molecule has 1 aliphatic carbocycles. The van der Waals surface area contributed by atoms with Crippen LogP contribution >= 0.6 is 0 Å². The Bertz CT molecular complexity index is 188. The van der Waals surface area contributed by atoms with Gasteiger partial charge in [0.15, 0.2) is 0 Å². The molecule has 96 valence electrons. The third kappa shape index (κ3) is 4.81. The second-order valence-electron chi connectivity index (χ2n) is 5.56. The molecule has 0 unspecified atom stereocenters. The molecular weight excluding hydrogens is 198 g/mol. The maximum atomic E-state index is 5.69. The van der Waals surface area contributed by atoms with Gasteiger partial charge in [-0.3, -0.25) is 0 Å². The fourth-order valence-electron chi connectivity index (χ4n) is 2.40. The minimum absolute atomic E-state index is 0.600. The summed E-state index contributed by atoms with van der Waals surface area (Å²) in [5, 5.41) is 0. The van der Waals surface area contributed by atoms with Crippen molar-refractivity contribution < 1.29 is 0 Å². The zero-order valence-corrected chi connectivity index (χ0v) is 11.3. The summed E-state index contributed by atoms with van der Waals surface area (Å²) in [6.07, 6.45) is 5.29. The summed E-state index contributed by atoms with van der Waals surface area (Å²) >= 11 is 0. The lowest BCUT2D eigenvalue weighted by Gasteiger charge is -2.26. The van der Waals surface area contributed by atoms with E-state index in [2.05, 4.69) is 30.8 Å². The molecule has 0 saturated heterocycles. The highest BCUT2D eigenvalue weighted by Gasteiger charge is 2.42. The fourth-order valence-corrected chi connectivity index (χ4v) is 2.40. The molecule has 0 radical (unpaired) electrons. The first-order chi connectivity index (χ1) is 7.62. The lowest BCUT2D eigenvalue weighted by atomic mass is 10.0. The summed E-state index contributed by atoms with van der Waals surface area (Å²) in [4.78, 5) is 4.87. The van der Waals surface area contributed by atoms with Crippen molar-refractivity contribution in [2.75, 3.05) is 46.8 Å². The normalized spacial score (nSPS) is 18.4. The van der Waals surface area contributed by atoms with Crippen LogP contribution in [-0.2, 0) is 0 Å². The molecule has 0 aromatic carbocycles. The molecule has 0 aromatic rings. The molecule has 2 N–H and O–H groups in total. The van der Waals surface area contributed by atoms with E-state index in [4.69, 9.17) is 5.73 Å². The molecule has 0 bridgehead atoms. The van der Waals surface area contributed by atoms with Crippen LogP contribution < -0.4 is 5.73 Å². The average Bonchev–Trinajstić information content (AvgIpc) is 2.97. The molecular formula is C13H29N3. The zero-order chi connectivity index (χ0) is 12.0. The highest BCUT2D eigenvalue weighted by Crippen LogP contribution is 2.48. The molecule has 3 nitrogen and oxygen atoms in total. The van der Waals surface area contributed by atoms with Crippen molar-refractivity contribution >= 4 is 0 Å². The van der Waals surface area contributed by atoms with E-state index < -0.39 is 0 Å². The van der Waals surface area contributed by atoms with Gasteiger partial charge in [0.1, 0.15) is 0 Å². The quantitative estimate of drug-likeness (QED) is 0.646. The van der Waals surface area contributed by atoms with Gasteiger partial charge in [-0.15, -0.1) is 0 Å². The summed E-state index contributed by atoms with van der Waals surface area (Å²) in [6, 6.07) is 0. The zero-order valence-electron chi connectivity index (χ0n) is 11.3. The third-order valence-electron chi connectivity index (χ3n) is 3.72. The van der Waals surface area contributed by atoms with Crippen molar-refractivity contribution in [1.29, 1.82) is 0 Å². The van der Waals surface area contributed by atoms with Gasteiger partial charge in [-0.1, -0.05) is 6.92 Å². The molecule has 1 fully saturated rings. The van der Waals surface area contributed by atoms with Gasteiger partial charge in [0.25, 0.3) is 0 Å². The molecule has 0 aliphatic heterocycles. The minimum atomic E-state index is 0.600. The highest BCUT2D eigenvalue weighted by atomic mass is 15.1. The summed E-state index contributed by atoms with van der Waals surface area (Å²) in [7, 11) is 4.29. The lowest BCUT2D eigenvalue weighted by Crippen LogP contribution is -2.33. The van der Waals surface area contributed by atoms with E-state index >= 15 is 0 Å². The molecule has 1 saturated carbocycles. The predicted octanol–water partition coefficient (Wildman–Crippen LogP) is 1.39. The van der Waals surface area contributed by atoms with E-state index in [0.717, 1.165) is 6.54 Å². The minimum Gasteiger partial charge on any atom is -0.330 e. The second kappa shape index (κ2) is 6.58. The highest BCUT2D eigenvalue weighted by molar-refractivity contribution is 4.95. The molecule has 0 spiro atoms. The van der Waals surface area contributed by atoms with Crippen LogP contribution in [0.25, 0.3) is 0 Å². The largest absolute Gasteiger partial charge is 0.330 e. The van der Waals surface area contributed by atoms with Crippen molar-refractivity contribution in [2.24, 2.45) is 11.1 Å². The average molecular weight is 227 g/mol. The van der Waals surface area contributed by atoms with Gasteiger partial charge < -0.3 is 15.5 Å². The van der Waals surface area contributed by atoms with E-state index in [-0.39, 0.29) is 0 Å². The SMILES string of the molecule is CCN(CCCN(C)C)CC1(CCN)CC1. The maximum absolute atomic E-state index is 5.69. The monoisotopic (exact) mass is 227 g/mol. The van der Waals surface area contributed by atoms with Gasteiger partial charge in [-0.2, -0.15) is 0 Å². The Morgan fingerprint density at radius 1 is 1.19 bits per heavy atom. The molecule has 0 atom stereocenters. The molecule has 3 heteroatoms. The first-order valence-electron chi connectivity index (χ1n) is 6.69. The van der Waals surface area contributed by atoms with Crippen LogP contribution in [0, 0.1) is 5.41 Å². The van der Waals surface area contributed by atoms with Gasteiger partial charge in [-0.05, 0) is 71.4 Å². The molecule has 16 heavy (non-hydrogen) atoms. The van der Waals surface area contributed by atoms with Crippen LogP contribution in [0.2, 0.25) is 0 Å². The molecule has 0 heterocycles. The van der Waals surface area contributed by atoms with Crippen LogP contribution in [0.5, 0.6) is 0 Å². The summed E-state index contributed by atoms with van der Waals surface area (Å²) in [6.45, 7) is 8.01. The van der Waals surface area contributed by atoms with Crippen LogP contribution in [0.4, 0.5) is 0 Å². The molecule has 1 aliphatic rings. The number of nitrogens with zero attached hydrogens (tertiary/aromatic N) is 2. The van der Waals surface area contributed by atoms with Gasteiger partial charge >= 0.3 is 0 Å². The second-order valence-corrected chi connectivity index (χ2v) is 5.56. The number of rotatable bonds is 9. The molecule has 1 rings (SSSR count). The Labute approximate surface area is 101 Å². The van der Waals surface area contributed by atoms with Crippen molar-refractivity contribution in [3.63, 3.8) is 0 Å². The Kier molecular flexibility index (Phi) is 5.73. The Balaban J connectivity index is 2.21. The molecule has 0 amide bonds. The maximum Gasteiger partial charge on any atom is 0.00383 e. The predicted molar refractivity (Wildman–Crippen MR) is 70.6 cm³/mol. The summed E-state index contributed by atoms with van der Waals surface area (Å²) in [5.41, 5.74) is 6.29. The Hall–Kier alpha value is -0.120. The van der Waals surface area contributed by atoms with E-state index in [9.17, 15) is 0 Å². The fraction of sp³-hybridized carbons (Fsp3) is 1.00. The number of nitrogens with two attached hydrogens (primary N) is 1. The van der Waals surface area contributed by atoms with E-state index in [1.807, 2.05) is 0 Å². The van der Waals surface area contributed by atoms with E-state index in [1.54, 1.807) is 0 Å². The van der Waals surface area contributed by atoms with Crippen LogP contribution in [-0.4, -0.2) is 56.6 Å². The van der Waals surface area contributed by atoms with E-state index in [1.165, 1.54) is 51.9 Å². The van der Waals surface area contributed by atoms with Crippen molar-refractivity contribution in [2.45, 2.75) is 32.6 Å². The van der Waals surface area contributed by atoms with Gasteiger partial charge in [-0.25, -0.2) is 0 Å². The summed E-state index contributed by atoms with van der Waals surface area (Å²) in [5.74, 6) is 0. The van der Waals surface area contributed by atoms with Crippen LogP contribution in [0.3, 0.4) is 0 Å². The van der Waals surface area contributed by atoms with Gasteiger partial charge in [0.05, 0.1) is 0 Å². The van der Waals surface area contributed by atoms with Gasteiger partial charge in [0, 0.05) is 6.54 Å². The first kappa shape index (κ1) is 13.9. The van der Waals surface area contributed by atoms with Gasteiger partial charge in [0.2, 0.25) is 0 Å². The Morgan fingerprint density at radius 3 is 2.31 bits per heavy atom.